The molecule has 9 heteroatoms. The molecule has 1 unspecified atom stereocenters. The summed E-state index contributed by atoms with van der Waals surface area (Å²) < 4.78 is 32.0. The quantitative estimate of drug-likeness (QED) is 0.239. The van der Waals surface area contributed by atoms with Gasteiger partial charge in [-0.05, 0) is 13.3 Å². The fraction of sp³-hybridized carbons (Fsp3) is 0.905. The molecule has 30 heavy (non-hydrogen) atoms. The van der Waals surface area contributed by atoms with E-state index >= 15 is 0 Å². The van der Waals surface area contributed by atoms with Crippen LogP contribution in [0.5, 0.6) is 0 Å². The molecular weight excluding hydrogens is 394 g/mol. The number of carbonyl (C=O) groups is 2. The van der Waals surface area contributed by atoms with Gasteiger partial charge in [-0.3, -0.25) is 9.59 Å². The predicted molar refractivity (Wildman–Crippen MR) is 113 cm³/mol. The number of hydrogen-bond acceptors (Lipinski definition) is 8. The second-order valence-corrected chi connectivity index (χ2v) is 6.80. The average Bonchev–Trinajstić information content (AvgIpc) is 2.72. The summed E-state index contributed by atoms with van der Waals surface area (Å²) in [6.45, 7) is 11.4. The summed E-state index contributed by atoms with van der Waals surface area (Å²) in [6.07, 6.45) is 1.91. The third-order valence-corrected chi connectivity index (χ3v) is 3.88. The summed E-state index contributed by atoms with van der Waals surface area (Å²) >= 11 is 0. The van der Waals surface area contributed by atoms with Gasteiger partial charge in [0, 0.05) is 12.5 Å². The minimum absolute atomic E-state index is 0.00608. The molecule has 0 aromatic heterocycles. The minimum Gasteiger partial charge on any atom is -0.377 e. The van der Waals surface area contributed by atoms with Gasteiger partial charge in [-0.2, -0.15) is 0 Å². The molecule has 0 fully saturated rings. The van der Waals surface area contributed by atoms with E-state index in [-0.39, 0.29) is 24.2 Å². The molecule has 0 aromatic carbocycles. The normalized spacial score (nSPS) is 12.1. The van der Waals surface area contributed by atoms with E-state index in [1.165, 1.54) is 6.92 Å². The predicted octanol–water partition coefficient (Wildman–Crippen LogP) is 1.23. The highest BCUT2D eigenvalue weighted by molar-refractivity contribution is 5.78. The summed E-state index contributed by atoms with van der Waals surface area (Å²) in [7, 11) is 0. The summed E-state index contributed by atoms with van der Waals surface area (Å²) in [4.78, 5) is 22.4. The Balaban J connectivity index is 3.13. The van der Waals surface area contributed by atoms with Crippen LogP contribution in [0.2, 0.25) is 0 Å². The molecule has 1 atom stereocenters. The van der Waals surface area contributed by atoms with Crippen LogP contribution in [-0.4, -0.2) is 97.5 Å². The smallest absolute Gasteiger partial charge is 0.222 e. The zero-order valence-corrected chi connectivity index (χ0v) is 18.9. The van der Waals surface area contributed by atoms with Crippen molar-refractivity contribution in [3.8, 4) is 0 Å². The van der Waals surface area contributed by atoms with Crippen LogP contribution in [0.4, 0.5) is 0 Å². The van der Waals surface area contributed by atoms with Crippen LogP contribution in [0.25, 0.3) is 0 Å². The highest BCUT2D eigenvalue weighted by Crippen LogP contribution is 2.03. The van der Waals surface area contributed by atoms with Gasteiger partial charge in [-0.15, -0.1) is 0 Å². The van der Waals surface area contributed by atoms with Crippen molar-refractivity contribution < 1.29 is 38.0 Å². The van der Waals surface area contributed by atoms with E-state index in [4.69, 9.17) is 28.4 Å². The molecule has 0 heterocycles. The van der Waals surface area contributed by atoms with Crippen molar-refractivity contribution in [2.75, 3.05) is 85.8 Å². The molecule has 0 bridgehead atoms. The lowest BCUT2D eigenvalue weighted by Gasteiger charge is -2.11. The van der Waals surface area contributed by atoms with Crippen LogP contribution < -0.4 is 5.32 Å². The van der Waals surface area contributed by atoms with Gasteiger partial charge in [0.05, 0.1) is 72.7 Å². The van der Waals surface area contributed by atoms with E-state index in [2.05, 4.69) is 12.2 Å². The largest absolute Gasteiger partial charge is 0.377 e. The molecule has 0 spiro atoms. The number of carbonyl (C=O) groups excluding carboxylic acids is 2. The molecule has 0 aliphatic rings. The van der Waals surface area contributed by atoms with Crippen molar-refractivity contribution in [3.05, 3.63) is 0 Å². The summed E-state index contributed by atoms with van der Waals surface area (Å²) in [5, 5.41) is 2.86. The second kappa shape index (κ2) is 22.6. The first-order valence-electron chi connectivity index (χ1n) is 10.8. The third-order valence-electron chi connectivity index (χ3n) is 3.88. The Kier molecular flexibility index (Phi) is 21.8. The first-order chi connectivity index (χ1) is 14.6. The van der Waals surface area contributed by atoms with Crippen LogP contribution >= 0.6 is 0 Å². The summed E-state index contributed by atoms with van der Waals surface area (Å²) in [5.74, 6) is 0.147. The van der Waals surface area contributed by atoms with E-state index in [1.54, 1.807) is 0 Å². The number of Topliss-reactive ketones (excluding diaryl/α,β-unsaturated/α-hetero) is 1. The monoisotopic (exact) mass is 435 g/mol. The Bertz CT molecular complexity index is 408. The maximum absolute atomic E-state index is 11.7. The number of rotatable bonds is 23. The van der Waals surface area contributed by atoms with Gasteiger partial charge >= 0.3 is 0 Å². The summed E-state index contributed by atoms with van der Waals surface area (Å²) in [6, 6.07) is 0. The maximum Gasteiger partial charge on any atom is 0.222 e. The Morgan fingerprint density at radius 3 is 1.50 bits per heavy atom. The number of hydrogen-bond donors (Lipinski definition) is 1. The van der Waals surface area contributed by atoms with E-state index in [9.17, 15) is 9.59 Å². The Morgan fingerprint density at radius 2 is 1.10 bits per heavy atom. The van der Waals surface area contributed by atoms with Crippen LogP contribution in [0.3, 0.4) is 0 Å². The number of ether oxygens (including phenoxy) is 6. The van der Waals surface area contributed by atoms with Gasteiger partial charge in [0.1, 0.15) is 6.61 Å². The topological polar surface area (TPSA) is 102 Å². The van der Waals surface area contributed by atoms with Crippen molar-refractivity contribution in [1.82, 2.24) is 5.32 Å². The molecule has 0 rings (SSSR count). The molecule has 0 aliphatic carbocycles. The van der Waals surface area contributed by atoms with Gasteiger partial charge < -0.3 is 33.7 Å². The number of amides is 1. The number of nitrogens with one attached hydrogen (secondary N) is 1. The molecule has 1 N–H and O–H groups in total. The highest BCUT2D eigenvalue weighted by Gasteiger charge is 2.10. The second-order valence-electron chi connectivity index (χ2n) is 6.80. The van der Waals surface area contributed by atoms with Crippen LogP contribution in [-0.2, 0) is 38.0 Å². The average molecular weight is 436 g/mol. The third kappa shape index (κ3) is 21.6. The Labute approximate surface area is 181 Å². The molecule has 0 radical (unpaired) electrons. The molecular formula is C21H41NO8. The Hall–Kier alpha value is -1.10. The van der Waals surface area contributed by atoms with Crippen LogP contribution in [0.15, 0.2) is 0 Å². The van der Waals surface area contributed by atoms with Gasteiger partial charge in [-0.1, -0.05) is 20.3 Å². The first-order valence-corrected chi connectivity index (χ1v) is 10.8. The van der Waals surface area contributed by atoms with E-state index in [0.717, 1.165) is 12.8 Å². The molecule has 178 valence electrons. The van der Waals surface area contributed by atoms with Gasteiger partial charge in [0.2, 0.25) is 5.91 Å². The van der Waals surface area contributed by atoms with E-state index < -0.39 is 0 Å². The zero-order chi connectivity index (χ0) is 22.3. The lowest BCUT2D eigenvalue weighted by Crippen LogP contribution is -2.32. The summed E-state index contributed by atoms with van der Waals surface area (Å²) in [5.41, 5.74) is 0. The highest BCUT2D eigenvalue weighted by atomic mass is 16.6. The van der Waals surface area contributed by atoms with Gasteiger partial charge in [0.15, 0.2) is 5.78 Å². The maximum atomic E-state index is 11.7. The van der Waals surface area contributed by atoms with Crippen molar-refractivity contribution >= 4 is 11.7 Å². The number of ketones is 1. The first kappa shape index (κ1) is 28.9. The lowest BCUT2D eigenvalue weighted by molar-refractivity contribution is -0.125. The van der Waals surface area contributed by atoms with Gasteiger partial charge in [-0.25, -0.2) is 0 Å². The van der Waals surface area contributed by atoms with E-state index in [0.29, 0.717) is 79.2 Å². The molecule has 0 saturated carbocycles. The fourth-order valence-electron chi connectivity index (χ4n) is 2.30. The molecule has 1 amide bonds. The molecule has 0 aliphatic heterocycles. The van der Waals surface area contributed by atoms with E-state index in [1.807, 2.05) is 6.92 Å². The standard InChI is InChI=1S/C21H41NO8/c1-4-5-19(2)21(24)22-6-7-25-8-9-26-10-11-27-12-13-28-14-15-29-16-17-30-18-20(3)23/h19H,4-18H2,1-3H3,(H,22,24). The van der Waals surface area contributed by atoms with Crippen molar-refractivity contribution in [2.24, 2.45) is 5.92 Å². The van der Waals surface area contributed by atoms with Crippen molar-refractivity contribution in [2.45, 2.75) is 33.6 Å². The van der Waals surface area contributed by atoms with Gasteiger partial charge in [0.25, 0.3) is 0 Å². The van der Waals surface area contributed by atoms with Crippen LogP contribution in [0.1, 0.15) is 33.6 Å². The minimum atomic E-state index is 0.00608. The fourth-order valence-corrected chi connectivity index (χ4v) is 2.30. The SMILES string of the molecule is CCCC(C)C(=O)NCCOCCOCCOCCOCCOCCOCC(C)=O. The van der Waals surface area contributed by atoms with Crippen molar-refractivity contribution in [1.29, 1.82) is 0 Å². The zero-order valence-electron chi connectivity index (χ0n) is 18.9. The van der Waals surface area contributed by atoms with Crippen LogP contribution in [0, 0.1) is 5.92 Å². The molecule has 9 nitrogen and oxygen atoms in total. The lowest BCUT2D eigenvalue weighted by atomic mass is 10.1. The Morgan fingerprint density at radius 1 is 0.700 bits per heavy atom. The molecule has 0 aromatic rings. The van der Waals surface area contributed by atoms with Crippen molar-refractivity contribution in [3.63, 3.8) is 0 Å². The molecule has 0 saturated heterocycles.